The zero-order chi connectivity index (χ0) is 31.8. The molecule has 0 saturated carbocycles. The van der Waals surface area contributed by atoms with Crippen LogP contribution in [0.15, 0.2) is 164 Å². The summed E-state index contributed by atoms with van der Waals surface area (Å²) >= 11 is 1.90. The molecule has 0 bridgehead atoms. The lowest BCUT2D eigenvalue weighted by Gasteiger charge is -2.18. The Morgan fingerprint density at radius 3 is 1.40 bits per heavy atom. The van der Waals surface area contributed by atoms with Crippen LogP contribution in [0.1, 0.15) is 5.56 Å². The molecule has 0 saturated heterocycles. The lowest BCUT2D eigenvalue weighted by atomic mass is 9.85. The second kappa shape index (κ2) is 10.6. The molecular formula is C47H30S. The Morgan fingerprint density at radius 1 is 0.333 bits per heavy atom. The van der Waals surface area contributed by atoms with Gasteiger partial charge in [0.05, 0.1) is 0 Å². The van der Waals surface area contributed by atoms with E-state index in [9.17, 15) is 0 Å². The summed E-state index contributed by atoms with van der Waals surface area (Å²) in [5.41, 5.74) is 9.09. The lowest BCUT2D eigenvalue weighted by Crippen LogP contribution is -1.91. The zero-order valence-corrected chi connectivity index (χ0v) is 27.3. The Morgan fingerprint density at radius 2 is 0.812 bits per heavy atom. The molecule has 0 aliphatic carbocycles. The number of fused-ring (bicyclic) bond motifs is 7. The van der Waals surface area contributed by atoms with E-state index in [-0.39, 0.29) is 0 Å². The van der Waals surface area contributed by atoms with E-state index in [1.54, 1.807) is 0 Å². The second-order valence-electron chi connectivity index (χ2n) is 12.8. The second-order valence-corrected chi connectivity index (χ2v) is 13.9. The third kappa shape index (κ3) is 3.95. The molecule has 0 radical (unpaired) electrons. The summed E-state index contributed by atoms with van der Waals surface area (Å²) in [7, 11) is 0. The zero-order valence-electron chi connectivity index (χ0n) is 26.5. The average Bonchev–Trinajstić information content (AvgIpc) is 3.53. The third-order valence-corrected chi connectivity index (χ3v) is 11.4. The molecule has 0 amide bonds. The molecule has 48 heavy (non-hydrogen) atoms. The smallest absolute Gasteiger partial charge is 0.0361 e. The van der Waals surface area contributed by atoms with Crippen LogP contribution < -0.4 is 0 Å². The van der Waals surface area contributed by atoms with Gasteiger partial charge in [-0.2, -0.15) is 0 Å². The van der Waals surface area contributed by atoms with Crippen molar-refractivity contribution in [3.05, 3.63) is 169 Å². The van der Waals surface area contributed by atoms with Gasteiger partial charge in [0.1, 0.15) is 0 Å². The molecule has 1 aromatic heterocycles. The van der Waals surface area contributed by atoms with Crippen molar-refractivity contribution in [3.63, 3.8) is 0 Å². The van der Waals surface area contributed by atoms with E-state index in [0.717, 1.165) is 0 Å². The molecule has 0 aliphatic rings. The fourth-order valence-corrected chi connectivity index (χ4v) is 9.35. The number of rotatable bonds is 3. The van der Waals surface area contributed by atoms with Gasteiger partial charge in [0, 0.05) is 20.2 Å². The molecule has 1 heteroatoms. The summed E-state index contributed by atoms with van der Waals surface area (Å²) in [4.78, 5) is 0. The first-order valence-electron chi connectivity index (χ1n) is 16.6. The van der Waals surface area contributed by atoms with Gasteiger partial charge >= 0.3 is 0 Å². The summed E-state index contributed by atoms with van der Waals surface area (Å²) in [6.45, 7) is 2.25. The molecule has 1 heterocycles. The van der Waals surface area contributed by atoms with Crippen molar-refractivity contribution in [3.8, 4) is 33.4 Å². The molecule has 10 aromatic rings. The molecule has 10 rings (SSSR count). The summed E-state index contributed by atoms with van der Waals surface area (Å²) in [5.74, 6) is 0. The van der Waals surface area contributed by atoms with Gasteiger partial charge in [0.15, 0.2) is 0 Å². The van der Waals surface area contributed by atoms with Crippen molar-refractivity contribution in [2.24, 2.45) is 0 Å². The number of aryl methyl sites for hydroxylation is 1. The van der Waals surface area contributed by atoms with Gasteiger partial charge in [-0.3, -0.25) is 0 Å². The molecule has 0 nitrogen and oxygen atoms in total. The lowest BCUT2D eigenvalue weighted by molar-refractivity contribution is 1.58. The van der Waals surface area contributed by atoms with E-state index in [1.807, 2.05) is 11.3 Å². The number of hydrogen-bond donors (Lipinski definition) is 0. The Labute approximate surface area is 283 Å². The Bertz CT molecular complexity index is 2780. The van der Waals surface area contributed by atoms with E-state index in [0.29, 0.717) is 0 Å². The van der Waals surface area contributed by atoms with Crippen LogP contribution in [0, 0.1) is 6.92 Å². The van der Waals surface area contributed by atoms with Gasteiger partial charge in [-0.05, 0) is 101 Å². The Hall–Kier alpha value is -5.76. The Kier molecular flexibility index (Phi) is 6.06. The number of thiophene rings is 1. The van der Waals surface area contributed by atoms with Crippen molar-refractivity contribution in [2.75, 3.05) is 0 Å². The molecule has 9 aromatic carbocycles. The van der Waals surface area contributed by atoms with Gasteiger partial charge in [-0.15, -0.1) is 11.3 Å². The molecule has 0 atom stereocenters. The highest BCUT2D eigenvalue weighted by molar-refractivity contribution is 7.26. The summed E-state index contributed by atoms with van der Waals surface area (Å²) in [6.07, 6.45) is 0. The highest BCUT2D eigenvalue weighted by Gasteiger charge is 2.20. The Balaban J connectivity index is 1.27. The molecule has 0 fully saturated rings. The van der Waals surface area contributed by atoms with Crippen molar-refractivity contribution in [1.82, 2.24) is 0 Å². The van der Waals surface area contributed by atoms with Crippen LogP contribution in [-0.2, 0) is 0 Å². The molecule has 224 valence electrons. The predicted octanol–water partition coefficient (Wildman–Crippen LogP) is 14.0. The maximum Gasteiger partial charge on any atom is 0.0361 e. The standard InChI is InChI=1S/C47H30S/c1-29-32-16-5-7-18-34(32)45(35-19-8-6-17-33(29)35)31-26-27-40-43(28-31)48-42-25-13-24-41(47(40)42)46-38-22-11-9-20-36(38)44(30-14-3-2-4-15-30)37-21-10-12-23-39(37)46/h2-28H,1H3. The topological polar surface area (TPSA) is 0 Å². The molecule has 0 unspecified atom stereocenters. The quantitative estimate of drug-likeness (QED) is 0.171. The van der Waals surface area contributed by atoms with E-state index >= 15 is 0 Å². The predicted molar refractivity (Wildman–Crippen MR) is 210 cm³/mol. The fraction of sp³-hybridized carbons (Fsp3) is 0.0213. The maximum absolute atomic E-state index is 2.43. The van der Waals surface area contributed by atoms with Crippen LogP contribution in [0.4, 0.5) is 0 Å². The van der Waals surface area contributed by atoms with E-state index in [4.69, 9.17) is 0 Å². The molecule has 0 spiro atoms. The summed E-state index contributed by atoms with van der Waals surface area (Å²) < 4.78 is 2.64. The first-order valence-corrected chi connectivity index (χ1v) is 17.4. The van der Waals surface area contributed by atoms with Crippen LogP contribution in [0.5, 0.6) is 0 Å². The van der Waals surface area contributed by atoms with Crippen LogP contribution in [-0.4, -0.2) is 0 Å². The fourth-order valence-electron chi connectivity index (χ4n) is 8.18. The van der Waals surface area contributed by atoms with Gasteiger partial charge < -0.3 is 0 Å². The minimum Gasteiger partial charge on any atom is -0.135 e. The van der Waals surface area contributed by atoms with Gasteiger partial charge in [-0.1, -0.05) is 152 Å². The molecular weight excluding hydrogens is 597 g/mol. The van der Waals surface area contributed by atoms with Gasteiger partial charge in [0.25, 0.3) is 0 Å². The van der Waals surface area contributed by atoms with Crippen molar-refractivity contribution in [1.29, 1.82) is 0 Å². The van der Waals surface area contributed by atoms with Gasteiger partial charge in [-0.25, -0.2) is 0 Å². The van der Waals surface area contributed by atoms with E-state index < -0.39 is 0 Å². The van der Waals surface area contributed by atoms with Crippen LogP contribution >= 0.6 is 11.3 Å². The van der Waals surface area contributed by atoms with Crippen molar-refractivity contribution in [2.45, 2.75) is 6.92 Å². The normalized spacial score (nSPS) is 11.9. The summed E-state index contributed by atoms with van der Waals surface area (Å²) in [6, 6.07) is 60.5. The molecule has 0 aliphatic heterocycles. The van der Waals surface area contributed by atoms with Crippen LogP contribution in [0.2, 0.25) is 0 Å². The SMILES string of the molecule is Cc1c2ccccc2c(-c2ccc3c(c2)sc2cccc(-c4c5ccccc5c(-c5ccccc5)c5ccccc45)c23)c2ccccc12. The van der Waals surface area contributed by atoms with Crippen LogP contribution in [0.25, 0.3) is 96.6 Å². The van der Waals surface area contributed by atoms with Gasteiger partial charge in [0.2, 0.25) is 0 Å². The molecule has 0 N–H and O–H groups in total. The van der Waals surface area contributed by atoms with Crippen LogP contribution in [0.3, 0.4) is 0 Å². The average molecular weight is 627 g/mol. The monoisotopic (exact) mass is 626 g/mol. The maximum atomic E-state index is 2.43. The van der Waals surface area contributed by atoms with E-state index in [1.165, 1.54) is 102 Å². The highest BCUT2D eigenvalue weighted by Crippen LogP contribution is 2.49. The van der Waals surface area contributed by atoms with Crippen molar-refractivity contribution < 1.29 is 0 Å². The summed E-state index contributed by atoms with van der Waals surface area (Å²) in [5, 5.41) is 13.1. The number of benzene rings is 9. The van der Waals surface area contributed by atoms with E-state index in [2.05, 4.69) is 171 Å². The van der Waals surface area contributed by atoms with Crippen molar-refractivity contribution >= 4 is 74.6 Å². The minimum atomic E-state index is 1.25. The minimum absolute atomic E-state index is 1.25. The first kappa shape index (κ1) is 27.4. The largest absolute Gasteiger partial charge is 0.135 e. The first-order chi connectivity index (χ1) is 23.8. The third-order valence-electron chi connectivity index (χ3n) is 10.2. The highest BCUT2D eigenvalue weighted by atomic mass is 32.1. The number of hydrogen-bond acceptors (Lipinski definition) is 1.